The molecule has 3 heteroatoms. The Morgan fingerprint density at radius 1 is 1.42 bits per heavy atom. The van der Waals surface area contributed by atoms with Gasteiger partial charge in [0.1, 0.15) is 11.9 Å². The maximum atomic E-state index is 5.47. The molecule has 0 aliphatic carbocycles. The molecule has 0 heterocycles. The molecule has 0 amide bonds. The molecular weight excluding hydrogens is 218 g/mol. The average Bonchev–Trinajstić information content (AvgIpc) is 2.09. The molecule has 0 spiro atoms. The topological polar surface area (TPSA) is 35.2 Å². The molecule has 1 atom stereocenters. The number of nitrogens with two attached hydrogens (primary N) is 1. The summed E-state index contributed by atoms with van der Waals surface area (Å²) in [4.78, 5) is 0. The second kappa shape index (κ2) is 4.48. The van der Waals surface area contributed by atoms with Gasteiger partial charge in [-0.3, -0.25) is 0 Å². The fraction of sp³-hybridized carbons (Fsp3) is 0.333. The summed E-state index contributed by atoms with van der Waals surface area (Å²) in [6.07, 6.45) is 0.0752. The van der Waals surface area contributed by atoms with Crippen molar-refractivity contribution >= 4 is 15.9 Å². The Morgan fingerprint density at radius 2 is 2.00 bits per heavy atom. The standard InChI is InChI=1S/C9H12BrNO/c1-7(6-11)12-9-4-2-8(10)3-5-9/h2-5,7H,6,11H2,1H3. The van der Waals surface area contributed by atoms with E-state index in [1.165, 1.54) is 0 Å². The lowest BCUT2D eigenvalue weighted by Crippen LogP contribution is -2.22. The summed E-state index contributed by atoms with van der Waals surface area (Å²) in [5, 5.41) is 0. The van der Waals surface area contributed by atoms with Crippen LogP contribution in [0.15, 0.2) is 28.7 Å². The van der Waals surface area contributed by atoms with E-state index in [0.717, 1.165) is 10.2 Å². The number of hydrogen-bond acceptors (Lipinski definition) is 2. The molecule has 0 fully saturated rings. The van der Waals surface area contributed by atoms with Crippen LogP contribution in [0.1, 0.15) is 6.92 Å². The third-order valence-corrected chi connectivity index (χ3v) is 2.01. The van der Waals surface area contributed by atoms with Crippen LogP contribution in [-0.4, -0.2) is 12.6 Å². The van der Waals surface area contributed by atoms with Crippen molar-refractivity contribution < 1.29 is 4.74 Å². The van der Waals surface area contributed by atoms with E-state index < -0.39 is 0 Å². The fourth-order valence-electron chi connectivity index (χ4n) is 0.794. The first kappa shape index (κ1) is 9.55. The van der Waals surface area contributed by atoms with Gasteiger partial charge in [-0.15, -0.1) is 0 Å². The minimum absolute atomic E-state index is 0.0752. The molecular formula is C9H12BrNO. The predicted octanol–water partition coefficient (Wildman–Crippen LogP) is 2.18. The summed E-state index contributed by atoms with van der Waals surface area (Å²) < 4.78 is 6.52. The van der Waals surface area contributed by atoms with Gasteiger partial charge in [-0.2, -0.15) is 0 Å². The molecule has 0 bridgehead atoms. The fourth-order valence-corrected chi connectivity index (χ4v) is 1.06. The normalized spacial score (nSPS) is 12.6. The molecule has 0 aliphatic rings. The van der Waals surface area contributed by atoms with Gasteiger partial charge in [0.15, 0.2) is 0 Å². The lowest BCUT2D eigenvalue weighted by atomic mass is 10.3. The maximum absolute atomic E-state index is 5.47. The third-order valence-electron chi connectivity index (χ3n) is 1.48. The molecule has 0 aliphatic heterocycles. The molecule has 66 valence electrons. The highest BCUT2D eigenvalue weighted by atomic mass is 79.9. The summed E-state index contributed by atoms with van der Waals surface area (Å²) in [5.74, 6) is 0.858. The summed E-state index contributed by atoms with van der Waals surface area (Å²) >= 11 is 3.35. The largest absolute Gasteiger partial charge is 0.489 e. The van der Waals surface area contributed by atoms with E-state index in [1.807, 2.05) is 31.2 Å². The molecule has 1 rings (SSSR count). The quantitative estimate of drug-likeness (QED) is 0.863. The van der Waals surface area contributed by atoms with E-state index in [1.54, 1.807) is 0 Å². The Bertz CT molecular complexity index is 235. The van der Waals surface area contributed by atoms with Crippen LogP contribution in [0.3, 0.4) is 0 Å². The lowest BCUT2D eigenvalue weighted by Gasteiger charge is -2.11. The van der Waals surface area contributed by atoms with Gasteiger partial charge in [0.05, 0.1) is 0 Å². The van der Waals surface area contributed by atoms with Crippen molar-refractivity contribution in [1.29, 1.82) is 0 Å². The average molecular weight is 230 g/mol. The van der Waals surface area contributed by atoms with Gasteiger partial charge in [-0.1, -0.05) is 15.9 Å². The van der Waals surface area contributed by atoms with Crippen molar-refractivity contribution in [3.63, 3.8) is 0 Å². The molecule has 0 saturated carbocycles. The minimum atomic E-state index is 0.0752. The molecule has 1 aromatic carbocycles. The molecule has 2 nitrogen and oxygen atoms in total. The number of rotatable bonds is 3. The van der Waals surface area contributed by atoms with Crippen molar-refractivity contribution in [2.24, 2.45) is 5.73 Å². The van der Waals surface area contributed by atoms with Crippen LogP contribution in [-0.2, 0) is 0 Å². The van der Waals surface area contributed by atoms with Crippen molar-refractivity contribution in [1.82, 2.24) is 0 Å². The van der Waals surface area contributed by atoms with Gasteiger partial charge in [-0.25, -0.2) is 0 Å². The number of ether oxygens (including phenoxy) is 1. The molecule has 1 unspecified atom stereocenters. The van der Waals surface area contributed by atoms with Crippen molar-refractivity contribution in [3.8, 4) is 5.75 Å². The second-order valence-electron chi connectivity index (χ2n) is 2.62. The number of halogens is 1. The Kier molecular flexibility index (Phi) is 3.56. The van der Waals surface area contributed by atoms with Crippen LogP contribution in [0.2, 0.25) is 0 Å². The Morgan fingerprint density at radius 3 is 2.50 bits per heavy atom. The minimum Gasteiger partial charge on any atom is -0.489 e. The molecule has 2 N–H and O–H groups in total. The Balaban J connectivity index is 2.58. The first-order valence-corrected chi connectivity index (χ1v) is 4.64. The summed E-state index contributed by atoms with van der Waals surface area (Å²) in [6, 6.07) is 7.71. The molecule has 0 saturated heterocycles. The van der Waals surface area contributed by atoms with E-state index in [2.05, 4.69) is 15.9 Å². The highest BCUT2D eigenvalue weighted by Crippen LogP contribution is 2.16. The van der Waals surface area contributed by atoms with Crippen molar-refractivity contribution in [2.45, 2.75) is 13.0 Å². The molecule has 1 aromatic rings. The second-order valence-corrected chi connectivity index (χ2v) is 3.53. The van der Waals surface area contributed by atoms with Crippen LogP contribution in [0.25, 0.3) is 0 Å². The van der Waals surface area contributed by atoms with E-state index in [4.69, 9.17) is 10.5 Å². The van der Waals surface area contributed by atoms with Crippen LogP contribution in [0.4, 0.5) is 0 Å². The van der Waals surface area contributed by atoms with E-state index in [-0.39, 0.29) is 6.10 Å². The van der Waals surface area contributed by atoms with Crippen LogP contribution in [0.5, 0.6) is 5.75 Å². The van der Waals surface area contributed by atoms with Crippen LogP contribution >= 0.6 is 15.9 Å². The summed E-state index contributed by atoms with van der Waals surface area (Å²) in [5.41, 5.74) is 5.42. The van der Waals surface area contributed by atoms with E-state index >= 15 is 0 Å². The van der Waals surface area contributed by atoms with Crippen LogP contribution < -0.4 is 10.5 Å². The van der Waals surface area contributed by atoms with Gasteiger partial charge >= 0.3 is 0 Å². The zero-order valence-corrected chi connectivity index (χ0v) is 8.54. The zero-order chi connectivity index (χ0) is 8.97. The summed E-state index contributed by atoms with van der Waals surface area (Å²) in [6.45, 7) is 2.48. The van der Waals surface area contributed by atoms with E-state index in [0.29, 0.717) is 6.54 Å². The van der Waals surface area contributed by atoms with Gasteiger partial charge < -0.3 is 10.5 Å². The van der Waals surface area contributed by atoms with Gasteiger partial charge in [0.25, 0.3) is 0 Å². The summed E-state index contributed by atoms with van der Waals surface area (Å²) in [7, 11) is 0. The molecule has 0 aromatic heterocycles. The smallest absolute Gasteiger partial charge is 0.119 e. The predicted molar refractivity (Wildman–Crippen MR) is 53.3 cm³/mol. The Hall–Kier alpha value is -0.540. The van der Waals surface area contributed by atoms with E-state index in [9.17, 15) is 0 Å². The zero-order valence-electron chi connectivity index (χ0n) is 6.96. The highest BCUT2D eigenvalue weighted by Gasteiger charge is 1.99. The lowest BCUT2D eigenvalue weighted by molar-refractivity contribution is 0.230. The Labute approximate surface area is 80.8 Å². The highest BCUT2D eigenvalue weighted by molar-refractivity contribution is 9.10. The van der Waals surface area contributed by atoms with Crippen LogP contribution in [0, 0.1) is 0 Å². The van der Waals surface area contributed by atoms with Gasteiger partial charge in [-0.05, 0) is 31.2 Å². The van der Waals surface area contributed by atoms with Gasteiger partial charge in [0.2, 0.25) is 0 Å². The van der Waals surface area contributed by atoms with Crippen molar-refractivity contribution in [3.05, 3.63) is 28.7 Å². The first-order valence-electron chi connectivity index (χ1n) is 3.84. The number of hydrogen-bond donors (Lipinski definition) is 1. The third kappa shape index (κ3) is 2.83. The first-order chi connectivity index (χ1) is 5.72. The SMILES string of the molecule is CC(CN)Oc1ccc(Br)cc1. The molecule has 0 radical (unpaired) electrons. The van der Waals surface area contributed by atoms with Gasteiger partial charge in [0, 0.05) is 11.0 Å². The maximum Gasteiger partial charge on any atom is 0.119 e. The van der Waals surface area contributed by atoms with Crippen molar-refractivity contribution in [2.75, 3.05) is 6.54 Å². The number of benzene rings is 1. The monoisotopic (exact) mass is 229 g/mol. The molecule has 12 heavy (non-hydrogen) atoms.